The van der Waals surface area contributed by atoms with Crippen molar-refractivity contribution in [1.82, 2.24) is 0 Å². The van der Waals surface area contributed by atoms with E-state index in [2.05, 4.69) is 16.0 Å². The molecule has 1 unspecified atom stereocenters. The fourth-order valence-corrected chi connectivity index (χ4v) is 1.00. The molecule has 0 aliphatic heterocycles. The van der Waals surface area contributed by atoms with Gasteiger partial charge in [-0.2, -0.15) is 0 Å². The molecule has 2 nitrogen and oxygen atoms in total. The predicted molar refractivity (Wildman–Crippen MR) is 55.1 cm³/mol. The molecule has 1 atom stereocenters. The van der Waals surface area contributed by atoms with Crippen molar-refractivity contribution in [1.29, 1.82) is 0 Å². The van der Waals surface area contributed by atoms with Gasteiger partial charge in [0.25, 0.3) is 0 Å². The Hall–Kier alpha value is 0.0900. The number of rotatable bonds is 9. The fourth-order valence-electron chi connectivity index (χ4n) is 0.835. The second-order valence-corrected chi connectivity index (χ2v) is 2.95. The maximum Gasteiger partial charge on any atom is 0.0501 e. The van der Waals surface area contributed by atoms with E-state index in [0.29, 0.717) is 0 Å². The van der Waals surface area contributed by atoms with Crippen LogP contribution in [0.3, 0.4) is 0 Å². The number of hydrogen-bond acceptors (Lipinski definition) is 2. The summed E-state index contributed by atoms with van der Waals surface area (Å²) in [5.41, 5.74) is 0. The Labute approximate surface area is 77.6 Å². The van der Waals surface area contributed by atoms with Crippen molar-refractivity contribution in [3.63, 3.8) is 0 Å². The number of hydrogen-bond donors (Lipinski definition) is 0. The van der Waals surface area contributed by atoms with Crippen molar-refractivity contribution in [2.75, 3.05) is 19.8 Å². The summed E-state index contributed by atoms with van der Waals surface area (Å²) in [6.07, 6.45) is 6.26. The molecule has 0 heterocycles. The minimum Gasteiger partial charge on any atom is -0.381 e. The first-order valence-corrected chi connectivity index (χ1v) is 4.89. The quantitative estimate of drug-likeness (QED) is 0.316. The van der Waals surface area contributed by atoms with Crippen molar-refractivity contribution >= 4 is 9.47 Å². The summed E-state index contributed by atoms with van der Waals surface area (Å²) in [7, 11) is 2.26. The topological polar surface area (TPSA) is 18.5 Å². The SMILES string of the molecule is C=CCCOCCCCCOP. The summed E-state index contributed by atoms with van der Waals surface area (Å²) >= 11 is 0. The summed E-state index contributed by atoms with van der Waals surface area (Å²) < 4.78 is 10.2. The fraction of sp³-hybridized carbons (Fsp3) is 0.778. The van der Waals surface area contributed by atoms with Crippen molar-refractivity contribution in [3.05, 3.63) is 12.7 Å². The molecule has 0 saturated carbocycles. The van der Waals surface area contributed by atoms with Gasteiger partial charge in [0.15, 0.2) is 0 Å². The first-order valence-electron chi connectivity index (χ1n) is 4.42. The molecular weight excluding hydrogens is 171 g/mol. The van der Waals surface area contributed by atoms with E-state index in [-0.39, 0.29) is 0 Å². The lowest BCUT2D eigenvalue weighted by Crippen LogP contribution is -1.96. The zero-order valence-corrected chi connectivity index (χ0v) is 8.78. The van der Waals surface area contributed by atoms with Crippen LogP contribution in [0.25, 0.3) is 0 Å². The molecule has 0 rings (SSSR count). The Bertz CT molecular complexity index is 96.5. The van der Waals surface area contributed by atoms with Gasteiger partial charge in [-0.25, -0.2) is 0 Å². The standard InChI is InChI=1S/C9H19O2P/c1-2-3-7-10-8-5-4-6-9-11-12/h2H,1,3-9,12H2. The second kappa shape index (κ2) is 11.1. The zero-order chi connectivity index (χ0) is 9.07. The normalized spacial score (nSPS) is 10.1. The first kappa shape index (κ1) is 12.1. The van der Waals surface area contributed by atoms with Crippen molar-refractivity contribution in [2.24, 2.45) is 0 Å². The molecule has 0 spiro atoms. The van der Waals surface area contributed by atoms with E-state index in [1.54, 1.807) is 0 Å². The van der Waals surface area contributed by atoms with Gasteiger partial charge >= 0.3 is 0 Å². The molecular formula is C9H19O2P. The predicted octanol–water partition coefficient (Wildman–Crippen LogP) is 2.56. The minimum atomic E-state index is 0.809. The molecule has 12 heavy (non-hydrogen) atoms. The Morgan fingerprint density at radius 3 is 2.50 bits per heavy atom. The molecule has 0 bridgehead atoms. The van der Waals surface area contributed by atoms with Gasteiger partial charge in [-0.1, -0.05) is 6.08 Å². The van der Waals surface area contributed by atoms with E-state index in [4.69, 9.17) is 9.26 Å². The van der Waals surface area contributed by atoms with E-state index in [1.807, 2.05) is 6.08 Å². The van der Waals surface area contributed by atoms with E-state index in [9.17, 15) is 0 Å². The van der Waals surface area contributed by atoms with Crippen LogP contribution in [0, 0.1) is 0 Å². The highest BCUT2D eigenvalue weighted by atomic mass is 31.0. The van der Waals surface area contributed by atoms with Crippen molar-refractivity contribution in [3.8, 4) is 0 Å². The molecule has 0 aromatic carbocycles. The average Bonchev–Trinajstić information content (AvgIpc) is 2.10. The lowest BCUT2D eigenvalue weighted by Gasteiger charge is -2.01. The number of ether oxygens (including phenoxy) is 1. The smallest absolute Gasteiger partial charge is 0.0501 e. The van der Waals surface area contributed by atoms with Gasteiger partial charge in [-0.05, 0) is 25.7 Å². The Balaban J connectivity index is 2.77. The summed E-state index contributed by atoms with van der Waals surface area (Å²) in [6, 6.07) is 0. The zero-order valence-electron chi connectivity index (χ0n) is 7.63. The van der Waals surface area contributed by atoms with E-state index in [1.165, 1.54) is 6.42 Å². The molecule has 0 amide bonds. The van der Waals surface area contributed by atoms with Gasteiger partial charge < -0.3 is 9.26 Å². The highest BCUT2D eigenvalue weighted by Gasteiger charge is 1.89. The minimum absolute atomic E-state index is 0.809. The largest absolute Gasteiger partial charge is 0.381 e. The Kier molecular flexibility index (Phi) is 11.2. The summed E-state index contributed by atoms with van der Waals surface area (Å²) in [5.74, 6) is 0. The monoisotopic (exact) mass is 190 g/mol. The van der Waals surface area contributed by atoms with Crippen LogP contribution in [0.5, 0.6) is 0 Å². The highest BCUT2D eigenvalue weighted by molar-refractivity contribution is 7.09. The van der Waals surface area contributed by atoms with Gasteiger partial charge in [-0.3, -0.25) is 0 Å². The molecule has 0 aromatic heterocycles. The Morgan fingerprint density at radius 1 is 1.08 bits per heavy atom. The molecule has 0 aliphatic rings. The van der Waals surface area contributed by atoms with Crippen LogP contribution in [-0.2, 0) is 9.26 Å². The van der Waals surface area contributed by atoms with Gasteiger partial charge in [0.05, 0.1) is 6.61 Å². The molecule has 3 heteroatoms. The second-order valence-electron chi connectivity index (χ2n) is 2.62. The van der Waals surface area contributed by atoms with Crippen LogP contribution in [-0.4, -0.2) is 19.8 Å². The van der Waals surface area contributed by atoms with Crippen LogP contribution in [0.15, 0.2) is 12.7 Å². The molecule has 0 saturated heterocycles. The van der Waals surface area contributed by atoms with Crippen LogP contribution < -0.4 is 0 Å². The summed E-state index contributed by atoms with van der Waals surface area (Å²) in [6.45, 7) is 6.13. The van der Waals surface area contributed by atoms with Crippen molar-refractivity contribution in [2.45, 2.75) is 25.7 Å². The third-order valence-electron chi connectivity index (χ3n) is 1.52. The molecule has 0 radical (unpaired) electrons. The van der Waals surface area contributed by atoms with Crippen LogP contribution >= 0.6 is 9.47 Å². The third kappa shape index (κ3) is 10.1. The summed E-state index contributed by atoms with van der Waals surface area (Å²) in [5, 5.41) is 0. The van der Waals surface area contributed by atoms with Crippen molar-refractivity contribution < 1.29 is 9.26 Å². The Morgan fingerprint density at radius 2 is 1.83 bits per heavy atom. The average molecular weight is 190 g/mol. The molecule has 72 valence electrons. The molecule has 0 aliphatic carbocycles. The van der Waals surface area contributed by atoms with Crippen LogP contribution in [0.2, 0.25) is 0 Å². The van der Waals surface area contributed by atoms with Gasteiger partial charge in [-0.15, -0.1) is 6.58 Å². The number of unbranched alkanes of at least 4 members (excludes halogenated alkanes) is 2. The molecule has 0 aromatic rings. The maximum absolute atomic E-state index is 5.34. The maximum atomic E-state index is 5.34. The van der Waals surface area contributed by atoms with E-state index >= 15 is 0 Å². The lowest BCUT2D eigenvalue weighted by molar-refractivity contribution is 0.133. The van der Waals surface area contributed by atoms with Crippen LogP contribution in [0.4, 0.5) is 0 Å². The lowest BCUT2D eigenvalue weighted by atomic mass is 10.2. The molecule has 0 N–H and O–H groups in total. The first-order chi connectivity index (χ1) is 5.91. The van der Waals surface area contributed by atoms with Gasteiger partial charge in [0.2, 0.25) is 0 Å². The van der Waals surface area contributed by atoms with E-state index in [0.717, 1.165) is 39.1 Å². The van der Waals surface area contributed by atoms with Gasteiger partial charge in [0, 0.05) is 22.7 Å². The summed E-state index contributed by atoms with van der Waals surface area (Å²) in [4.78, 5) is 0. The van der Waals surface area contributed by atoms with Crippen LogP contribution in [0.1, 0.15) is 25.7 Å². The molecule has 0 fully saturated rings. The third-order valence-corrected chi connectivity index (χ3v) is 1.75. The van der Waals surface area contributed by atoms with E-state index < -0.39 is 0 Å². The highest BCUT2D eigenvalue weighted by Crippen LogP contribution is 1.98. The van der Waals surface area contributed by atoms with Gasteiger partial charge in [0.1, 0.15) is 0 Å².